The molecule has 3 heterocycles. The molecule has 0 amide bonds. The molecule has 86 heavy (non-hydrogen) atoms. The average Bonchev–Trinajstić information content (AvgIpc) is 1.25. The first-order valence-corrected chi connectivity index (χ1v) is 34.1. The number of aromatic amines is 1. The molecule has 1 spiro atoms. The summed E-state index contributed by atoms with van der Waals surface area (Å²) in [5, 5.41) is 115. The minimum absolute atomic E-state index is 0.000205. The molecule has 5 saturated carbocycles. The lowest BCUT2D eigenvalue weighted by Crippen LogP contribution is -2.71. The first-order valence-electron chi connectivity index (χ1n) is 31.6. The van der Waals surface area contributed by atoms with Crippen molar-refractivity contribution < 1.29 is 65.1 Å². The van der Waals surface area contributed by atoms with Gasteiger partial charge in [-0.05, 0) is 165 Å². The summed E-state index contributed by atoms with van der Waals surface area (Å²) in [6.45, 7) is 5.23. The number of Topliss-reactive ketones (excluding diaryl/α,β-unsaturated/α-hetero) is 2. The van der Waals surface area contributed by atoms with Crippen LogP contribution in [0.25, 0.3) is 0 Å². The van der Waals surface area contributed by atoms with Gasteiger partial charge < -0.3 is 72.5 Å². The number of aliphatic imine (C=N–C) groups is 1. The third-order valence-corrected chi connectivity index (χ3v) is 26.6. The molecular weight excluding hydrogens is 1130 g/mol. The third-order valence-electron chi connectivity index (χ3n) is 24.0. The minimum Gasteiger partial charge on any atom is -0.508 e. The Morgan fingerprint density at radius 3 is 2.38 bits per heavy atom. The number of phenols is 1. The summed E-state index contributed by atoms with van der Waals surface area (Å²) in [6.07, 6.45) is 4.58. The summed E-state index contributed by atoms with van der Waals surface area (Å²) in [4.78, 5) is 53.1. The number of H-pyrrole nitrogens is 1. The number of hydrogen-bond donors (Lipinski definition) is 13. The van der Waals surface area contributed by atoms with Gasteiger partial charge in [-0.1, -0.05) is 65.1 Å². The van der Waals surface area contributed by atoms with Crippen LogP contribution in [0.2, 0.25) is 0 Å². The standard InChI is InChI=1S/C66H89N5O13S2/c1-32-7-8-34-12-16-42-44(43(34)19-32)20-35(46-29-84-61(81)52(46)38-17-18-69-26-38)5-4-6-37-24-66(83)55-53(36-9-13-40(27-70-62(67)68)65(66,23-36)59(37)64(3,82)51(76)22-45(42)60(79)80)63(2)25-50(75)57(77)47-31-86-85-30-39(33-10-14-41(73)15-11-33)21-49(74)48(28-72)71-56(55)58(78)54(47)63/h10-12,14-15,17-18,26,32,35-37,39-40,42-48,50-54,57,59-60,69,71-73,75-77,79-80,82-83H,6-9,13,16,19-25,27-31H2,1-3H3,(H4,67,68,70)/t32-,35+,36-,37+,39-,40+,42+,43+,44+,45+,46-,47-,48-,50-,51+,52-,53-,54-,57+,59+,63+,64-,65-,66+/m0/s1. The van der Waals surface area contributed by atoms with Gasteiger partial charge in [-0.15, -0.1) is 5.92 Å². The number of aromatic hydroxyl groups is 1. The normalized spacial score (nSPS) is 45.1. The number of aliphatic hydroxyl groups is 8. The van der Waals surface area contributed by atoms with E-state index in [0.717, 1.165) is 30.4 Å². The molecule has 2 saturated heterocycles. The van der Waals surface area contributed by atoms with Crippen LogP contribution in [-0.2, 0) is 19.1 Å². The molecule has 10 aliphatic rings. The van der Waals surface area contributed by atoms with Crippen molar-refractivity contribution in [1.29, 1.82) is 0 Å². The van der Waals surface area contributed by atoms with E-state index < -0.39 is 130 Å². The van der Waals surface area contributed by atoms with Gasteiger partial charge in [0, 0.05) is 90.1 Å². The van der Waals surface area contributed by atoms with Crippen molar-refractivity contribution in [1.82, 2.24) is 10.3 Å². The predicted octanol–water partition coefficient (Wildman–Crippen LogP) is 4.78. The molecule has 0 radical (unpaired) electrons. The zero-order valence-corrected chi connectivity index (χ0v) is 51.2. The maximum Gasteiger partial charge on any atom is 0.313 e. The SMILES string of the molecule is C[C@H]1CCC2=CC[C@@H]3[C@@H](C[C@H]([C@@H]4COC(=O)[C@H]4c4cc[nH]c4)C#CC[C@@H]4C[C@@]5(O)C6=C7N[C@@H](CO)C(=O)C[C@H](c8ccc(O)cc8)CSSC[C@@H]8[C@@H](O)[C@@H](O)C[C@](C)([C@H]6[C@H]6CC[C@H](CN=C(N)N)[C@@]5(C6)[C@H]4[C@@](C)(O)[C@H](O)C[C@H]3C(O)O)[C@@H]8C7=O)[C@@H]2C1. The Labute approximate surface area is 511 Å². The van der Waals surface area contributed by atoms with Gasteiger partial charge in [-0.3, -0.25) is 19.4 Å². The zero-order valence-electron chi connectivity index (χ0n) is 49.5. The summed E-state index contributed by atoms with van der Waals surface area (Å²) < 4.78 is 5.94. The van der Waals surface area contributed by atoms with Gasteiger partial charge in [0.15, 0.2) is 23.8 Å². The number of rotatable bonds is 7. The smallest absolute Gasteiger partial charge is 0.313 e. The van der Waals surface area contributed by atoms with Crippen LogP contribution in [0, 0.1) is 106 Å². The lowest BCUT2D eigenvalue weighted by molar-refractivity contribution is -0.232. The Balaban J connectivity index is 1.06. The number of aromatic nitrogens is 1. The number of ketones is 2. The maximum absolute atomic E-state index is 16.4. The number of guanidine groups is 1. The number of allylic oxidation sites excluding steroid dienone is 3. The molecule has 2 aromatic rings. The number of nitrogens with two attached hydrogens (primary N) is 2. The number of carbonyl (C=O) groups excluding carboxylic acids is 3. The highest BCUT2D eigenvalue weighted by molar-refractivity contribution is 8.76. The van der Waals surface area contributed by atoms with E-state index in [1.165, 1.54) is 27.2 Å². The van der Waals surface area contributed by atoms with Crippen molar-refractivity contribution in [2.24, 2.45) is 110 Å². The Hall–Kier alpha value is -4.40. The number of benzene rings is 1. The molecule has 8 aliphatic carbocycles. The van der Waals surface area contributed by atoms with E-state index in [0.29, 0.717) is 42.9 Å². The number of nitrogens with zero attached hydrogens (tertiary/aromatic N) is 1. The Morgan fingerprint density at radius 2 is 1.66 bits per heavy atom. The lowest BCUT2D eigenvalue weighted by Gasteiger charge is -2.68. The highest BCUT2D eigenvalue weighted by Crippen LogP contribution is 2.77. The van der Waals surface area contributed by atoms with E-state index >= 15 is 9.90 Å². The molecule has 24 atom stereocenters. The van der Waals surface area contributed by atoms with Gasteiger partial charge in [0.25, 0.3) is 0 Å². The first kappa shape index (κ1) is 61.8. The number of carbonyl (C=O) groups is 3. The molecule has 0 unspecified atom stereocenters. The van der Waals surface area contributed by atoms with Gasteiger partial charge in [0.2, 0.25) is 0 Å². The predicted molar refractivity (Wildman–Crippen MR) is 325 cm³/mol. The molecular formula is C66H89N5O13S2. The van der Waals surface area contributed by atoms with Crippen LogP contribution in [0.3, 0.4) is 0 Å². The number of cyclic esters (lactones) is 1. The van der Waals surface area contributed by atoms with Gasteiger partial charge in [0.05, 0.1) is 54.3 Å². The van der Waals surface area contributed by atoms with E-state index in [4.69, 9.17) is 16.2 Å². The molecule has 2 aliphatic heterocycles. The van der Waals surface area contributed by atoms with Crippen LogP contribution < -0.4 is 16.8 Å². The molecule has 15 N–H and O–H groups in total. The second kappa shape index (κ2) is 23.8. The number of hydrogen-bond acceptors (Lipinski definition) is 17. The van der Waals surface area contributed by atoms with Crippen molar-refractivity contribution >= 4 is 45.1 Å². The maximum atomic E-state index is 16.4. The van der Waals surface area contributed by atoms with Crippen molar-refractivity contribution in [3.8, 4) is 17.6 Å². The quantitative estimate of drug-likeness (QED) is 0.0337. The van der Waals surface area contributed by atoms with Crippen molar-refractivity contribution in [2.45, 2.75) is 158 Å². The van der Waals surface area contributed by atoms with E-state index in [1.54, 1.807) is 37.4 Å². The molecule has 12 rings (SSSR count). The largest absolute Gasteiger partial charge is 0.508 e. The number of ether oxygens (including phenoxy) is 1. The molecule has 1 aromatic heterocycles. The molecule has 4 bridgehead atoms. The van der Waals surface area contributed by atoms with E-state index in [-0.39, 0.29) is 110 Å². The highest BCUT2D eigenvalue weighted by atomic mass is 33.1. The van der Waals surface area contributed by atoms with E-state index in [2.05, 4.69) is 40.1 Å². The molecule has 20 heteroatoms. The fourth-order valence-electron chi connectivity index (χ4n) is 20.4. The topological polar surface area (TPSA) is 335 Å². The van der Waals surface area contributed by atoms with Crippen LogP contribution in [0.1, 0.15) is 127 Å². The van der Waals surface area contributed by atoms with Gasteiger partial charge >= 0.3 is 5.97 Å². The Morgan fingerprint density at radius 1 is 0.895 bits per heavy atom. The molecule has 18 nitrogen and oxygen atoms in total. The van der Waals surface area contributed by atoms with Crippen molar-refractivity contribution in [2.75, 3.05) is 31.3 Å². The van der Waals surface area contributed by atoms with Crippen LogP contribution >= 0.6 is 21.6 Å². The Bertz CT molecular complexity index is 3050. The van der Waals surface area contributed by atoms with Crippen molar-refractivity contribution in [3.05, 3.63) is 76.8 Å². The second-order valence-corrected chi connectivity index (χ2v) is 31.0. The van der Waals surface area contributed by atoms with E-state index in [9.17, 15) is 50.4 Å². The van der Waals surface area contributed by atoms with E-state index in [1.807, 2.05) is 19.2 Å². The molecule has 468 valence electrons. The monoisotopic (exact) mass is 1220 g/mol. The number of aliphatic hydroxyl groups excluding tert-OH is 5. The number of nitrogens with one attached hydrogen (secondary N) is 2. The highest BCUT2D eigenvalue weighted by Gasteiger charge is 2.79. The Kier molecular flexibility index (Phi) is 17.1. The minimum atomic E-state index is -2.11. The summed E-state index contributed by atoms with van der Waals surface area (Å²) in [5.41, 5.74) is 8.82. The van der Waals surface area contributed by atoms with Gasteiger partial charge in [0.1, 0.15) is 11.8 Å². The first-order chi connectivity index (χ1) is 41.0. The fraction of sp³-hybridized carbons (Fsp3) is 0.697. The van der Waals surface area contributed by atoms with Gasteiger partial charge in [-0.25, -0.2) is 0 Å². The zero-order chi connectivity index (χ0) is 60.9. The second-order valence-electron chi connectivity index (χ2n) is 28.5. The van der Waals surface area contributed by atoms with Gasteiger partial charge in [-0.2, -0.15) is 0 Å². The third kappa shape index (κ3) is 10.3. The summed E-state index contributed by atoms with van der Waals surface area (Å²) in [5.74, 6) is -1.18. The fourth-order valence-corrected chi connectivity index (χ4v) is 23.2. The molecule has 1 aromatic carbocycles. The van der Waals surface area contributed by atoms with Crippen LogP contribution in [0.15, 0.2) is 70.6 Å². The summed E-state index contributed by atoms with van der Waals surface area (Å²) in [6, 6.07) is 7.16. The summed E-state index contributed by atoms with van der Waals surface area (Å²) >= 11 is 0. The number of fused-ring (bicyclic) bond motifs is 10. The van der Waals surface area contributed by atoms with Crippen LogP contribution in [-0.4, -0.2) is 148 Å². The summed E-state index contributed by atoms with van der Waals surface area (Å²) in [7, 11) is 2.95. The van der Waals surface area contributed by atoms with Crippen molar-refractivity contribution in [3.63, 3.8) is 0 Å². The molecule has 7 fully saturated rings. The van der Waals surface area contributed by atoms with Crippen LogP contribution in [0.5, 0.6) is 5.75 Å². The average molecular weight is 1220 g/mol. The lowest BCUT2D eigenvalue weighted by atomic mass is 9.37. The number of esters is 1. The van der Waals surface area contributed by atoms with Crippen LogP contribution in [0.4, 0.5) is 0 Å². The number of phenolic OH excluding ortho intramolecular Hbond substituents is 1.